The molecule has 106 valence electrons. The van der Waals surface area contributed by atoms with E-state index in [0.29, 0.717) is 5.92 Å². The highest BCUT2D eigenvalue weighted by atomic mass is 19.4. The molecule has 1 aliphatic heterocycles. The van der Waals surface area contributed by atoms with Crippen LogP contribution in [0.4, 0.5) is 13.2 Å². The smallest absolute Gasteiger partial charge is 0.303 e. The van der Waals surface area contributed by atoms with Crippen LogP contribution < -0.4 is 5.32 Å². The third-order valence-corrected chi connectivity index (χ3v) is 3.98. The molecule has 2 fully saturated rings. The van der Waals surface area contributed by atoms with E-state index in [4.69, 9.17) is 0 Å². The van der Waals surface area contributed by atoms with Crippen molar-refractivity contribution < 1.29 is 13.2 Å². The Hall–Kier alpha value is -0.290. The SMILES string of the molecule is CC(C)CN1CCC(NC2(C(F)(F)F)CC2)CC1. The fourth-order valence-electron chi connectivity index (χ4n) is 2.80. The highest BCUT2D eigenvalue weighted by Gasteiger charge is 2.63. The van der Waals surface area contributed by atoms with Crippen molar-refractivity contribution in [1.82, 2.24) is 10.2 Å². The molecule has 0 radical (unpaired) electrons. The fourth-order valence-corrected chi connectivity index (χ4v) is 2.80. The number of nitrogens with one attached hydrogen (secondary N) is 1. The van der Waals surface area contributed by atoms with Gasteiger partial charge in [-0.3, -0.25) is 0 Å². The number of rotatable bonds is 4. The lowest BCUT2D eigenvalue weighted by Gasteiger charge is -2.36. The van der Waals surface area contributed by atoms with Gasteiger partial charge in [0.25, 0.3) is 0 Å². The van der Waals surface area contributed by atoms with Gasteiger partial charge in [-0.2, -0.15) is 13.2 Å². The number of piperidine rings is 1. The van der Waals surface area contributed by atoms with Crippen LogP contribution in [0.25, 0.3) is 0 Å². The second-order valence-electron chi connectivity index (χ2n) is 6.19. The standard InChI is InChI=1S/C13H23F3N2/c1-10(2)9-18-7-3-11(4-8-18)17-12(5-6-12)13(14,15)16/h10-11,17H,3-9H2,1-2H3. The van der Waals surface area contributed by atoms with Crippen LogP contribution in [0.2, 0.25) is 0 Å². The van der Waals surface area contributed by atoms with E-state index >= 15 is 0 Å². The number of hydrogen-bond donors (Lipinski definition) is 1. The van der Waals surface area contributed by atoms with E-state index in [1.54, 1.807) is 0 Å². The van der Waals surface area contributed by atoms with Crippen molar-refractivity contribution in [2.24, 2.45) is 5.92 Å². The summed E-state index contributed by atoms with van der Waals surface area (Å²) in [5.41, 5.74) is -1.54. The largest absolute Gasteiger partial charge is 0.406 e. The zero-order chi connectivity index (χ0) is 13.4. The second-order valence-corrected chi connectivity index (χ2v) is 6.19. The summed E-state index contributed by atoms with van der Waals surface area (Å²) in [6.07, 6.45) is -1.90. The highest BCUT2D eigenvalue weighted by molar-refractivity contribution is 5.09. The Kier molecular flexibility index (Phi) is 3.93. The first-order valence-electron chi connectivity index (χ1n) is 6.89. The van der Waals surface area contributed by atoms with Gasteiger partial charge in [0, 0.05) is 12.6 Å². The molecule has 0 bridgehead atoms. The monoisotopic (exact) mass is 264 g/mol. The van der Waals surface area contributed by atoms with Crippen LogP contribution in [0, 0.1) is 5.92 Å². The summed E-state index contributed by atoms with van der Waals surface area (Å²) in [5, 5.41) is 2.87. The molecule has 0 spiro atoms. The van der Waals surface area contributed by atoms with E-state index in [9.17, 15) is 13.2 Å². The van der Waals surface area contributed by atoms with Crippen molar-refractivity contribution in [3.05, 3.63) is 0 Å². The molecule has 1 heterocycles. The Morgan fingerprint density at radius 3 is 2.17 bits per heavy atom. The maximum absolute atomic E-state index is 12.8. The normalized spacial score (nSPS) is 25.7. The molecule has 5 heteroatoms. The summed E-state index contributed by atoms with van der Waals surface area (Å²) < 4.78 is 38.5. The molecule has 1 aliphatic carbocycles. The van der Waals surface area contributed by atoms with Gasteiger partial charge in [-0.05, 0) is 44.7 Å². The molecule has 18 heavy (non-hydrogen) atoms. The minimum atomic E-state index is -4.08. The molecule has 1 saturated carbocycles. The van der Waals surface area contributed by atoms with Gasteiger partial charge in [-0.1, -0.05) is 13.8 Å². The molecular formula is C13H23F3N2. The Balaban J connectivity index is 1.78. The van der Waals surface area contributed by atoms with Gasteiger partial charge >= 0.3 is 6.18 Å². The minimum absolute atomic E-state index is 0.0394. The van der Waals surface area contributed by atoms with Crippen molar-refractivity contribution >= 4 is 0 Å². The molecule has 1 N–H and O–H groups in total. The first-order valence-corrected chi connectivity index (χ1v) is 6.89. The predicted octanol–water partition coefficient (Wildman–Crippen LogP) is 2.79. The van der Waals surface area contributed by atoms with Gasteiger partial charge in [-0.25, -0.2) is 0 Å². The van der Waals surface area contributed by atoms with Gasteiger partial charge in [0.05, 0.1) is 0 Å². The molecular weight excluding hydrogens is 241 g/mol. The number of nitrogens with zero attached hydrogens (tertiary/aromatic N) is 1. The van der Waals surface area contributed by atoms with Crippen LogP contribution >= 0.6 is 0 Å². The molecule has 0 aromatic rings. The molecule has 2 nitrogen and oxygen atoms in total. The van der Waals surface area contributed by atoms with E-state index in [2.05, 4.69) is 24.1 Å². The van der Waals surface area contributed by atoms with Crippen molar-refractivity contribution in [2.75, 3.05) is 19.6 Å². The lowest BCUT2D eigenvalue weighted by Crippen LogP contribution is -2.53. The van der Waals surface area contributed by atoms with Gasteiger partial charge in [0.15, 0.2) is 0 Å². The number of halogens is 3. The van der Waals surface area contributed by atoms with E-state index in [1.807, 2.05) is 0 Å². The van der Waals surface area contributed by atoms with Crippen LogP contribution in [0.3, 0.4) is 0 Å². The van der Waals surface area contributed by atoms with Gasteiger partial charge in [0.1, 0.15) is 5.54 Å². The summed E-state index contributed by atoms with van der Waals surface area (Å²) >= 11 is 0. The molecule has 1 saturated heterocycles. The Morgan fingerprint density at radius 2 is 1.78 bits per heavy atom. The molecule has 0 amide bonds. The number of hydrogen-bond acceptors (Lipinski definition) is 2. The summed E-state index contributed by atoms with van der Waals surface area (Å²) in [6.45, 7) is 7.24. The van der Waals surface area contributed by atoms with E-state index in [-0.39, 0.29) is 18.9 Å². The van der Waals surface area contributed by atoms with Crippen molar-refractivity contribution in [3.63, 3.8) is 0 Å². The minimum Gasteiger partial charge on any atom is -0.303 e. The maximum Gasteiger partial charge on any atom is 0.406 e. The van der Waals surface area contributed by atoms with Crippen LogP contribution in [0.1, 0.15) is 39.5 Å². The van der Waals surface area contributed by atoms with Crippen LogP contribution in [-0.4, -0.2) is 42.3 Å². The fraction of sp³-hybridized carbons (Fsp3) is 1.00. The lowest BCUT2D eigenvalue weighted by molar-refractivity contribution is -0.168. The summed E-state index contributed by atoms with van der Waals surface area (Å²) in [4.78, 5) is 2.36. The third kappa shape index (κ3) is 3.18. The predicted molar refractivity (Wildman–Crippen MR) is 65.5 cm³/mol. The number of likely N-dealkylation sites (tertiary alicyclic amines) is 1. The molecule has 2 aliphatic rings. The summed E-state index contributed by atoms with van der Waals surface area (Å²) in [6, 6.07) is 0.0394. The zero-order valence-electron chi connectivity index (χ0n) is 11.2. The van der Waals surface area contributed by atoms with Gasteiger partial charge < -0.3 is 10.2 Å². The van der Waals surface area contributed by atoms with E-state index < -0.39 is 11.7 Å². The molecule has 2 rings (SSSR count). The summed E-state index contributed by atoms with van der Waals surface area (Å²) in [7, 11) is 0. The van der Waals surface area contributed by atoms with Crippen LogP contribution in [0.5, 0.6) is 0 Å². The lowest BCUT2D eigenvalue weighted by atomic mass is 10.0. The zero-order valence-corrected chi connectivity index (χ0v) is 11.2. The van der Waals surface area contributed by atoms with Crippen LogP contribution in [0.15, 0.2) is 0 Å². The Morgan fingerprint density at radius 1 is 1.22 bits per heavy atom. The van der Waals surface area contributed by atoms with Crippen LogP contribution in [-0.2, 0) is 0 Å². The molecule has 0 unspecified atom stereocenters. The van der Waals surface area contributed by atoms with E-state index in [1.165, 1.54) is 0 Å². The quantitative estimate of drug-likeness (QED) is 0.840. The molecule has 0 atom stereocenters. The average Bonchev–Trinajstić information content (AvgIpc) is 3.00. The first kappa shape index (κ1) is 14.1. The first-order chi connectivity index (χ1) is 8.32. The van der Waals surface area contributed by atoms with Gasteiger partial charge in [-0.15, -0.1) is 0 Å². The van der Waals surface area contributed by atoms with Crippen molar-refractivity contribution in [3.8, 4) is 0 Å². The molecule has 0 aromatic carbocycles. The summed E-state index contributed by atoms with van der Waals surface area (Å²) in [5.74, 6) is 0.624. The van der Waals surface area contributed by atoms with E-state index in [0.717, 1.165) is 32.5 Å². The third-order valence-electron chi connectivity index (χ3n) is 3.98. The van der Waals surface area contributed by atoms with Crippen molar-refractivity contribution in [1.29, 1.82) is 0 Å². The van der Waals surface area contributed by atoms with Crippen molar-refractivity contribution in [2.45, 2.75) is 57.3 Å². The average molecular weight is 264 g/mol. The Labute approximate surface area is 107 Å². The molecule has 0 aromatic heterocycles. The number of alkyl halides is 3. The maximum atomic E-state index is 12.8. The highest BCUT2D eigenvalue weighted by Crippen LogP contribution is 2.49. The van der Waals surface area contributed by atoms with Gasteiger partial charge in [0.2, 0.25) is 0 Å². The Bertz CT molecular complexity index is 276. The second kappa shape index (κ2) is 5.00. The topological polar surface area (TPSA) is 15.3 Å².